The highest BCUT2D eigenvalue weighted by Crippen LogP contribution is 2.31. The molecule has 0 radical (unpaired) electrons. The van der Waals surface area contributed by atoms with Crippen LogP contribution >= 0.6 is 0 Å². The summed E-state index contributed by atoms with van der Waals surface area (Å²) in [5, 5.41) is 0. The van der Waals surface area contributed by atoms with Crippen molar-refractivity contribution in [1.82, 2.24) is 4.90 Å². The van der Waals surface area contributed by atoms with Crippen LogP contribution < -0.4 is 15.2 Å². The molecule has 0 aromatic heterocycles. The average Bonchev–Trinajstić information content (AvgIpc) is 2.46. The van der Waals surface area contributed by atoms with Crippen LogP contribution in [0.25, 0.3) is 0 Å². The first-order valence-corrected chi connectivity index (χ1v) is 7.04. The largest absolute Gasteiger partial charge is 0.486 e. The van der Waals surface area contributed by atoms with E-state index in [0.29, 0.717) is 43.4 Å². The molecule has 1 aromatic rings. The molecule has 1 amide bonds. The fraction of sp³-hybridized carbons (Fsp3) is 0.533. The molecule has 1 aliphatic rings. The van der Waals surface area contributed by atoms with Gasteiger partial charge in [-0.2, -0.15) is 0 Å². The average molecular weight is 278 g/mol. The Morgan fingerprint density at radius 1 is 1.30 bits per heavy atom. The molecule has 0 aliphatic carbocycles. The molecule has 0 unspecified atom stereocenters. The fourth-order valence-electron chi connectivity index (χ4n) is 2.20. The Balaban J connectivity index is 2.18. The van der Waals surface area contributed by atoms with Gasteiger partial charge < -0.3 is 20.1 Å². The summed E-state index contributed by atoms with van der Waals surface area (Å²) in [6, 6.07) is 5.48. The van der Waals surface area contributed by atoms with Gasteiger partial charge in [0.2, 0.25) is 0 Å². The normalized spacial score (nSPS) is 13.4. The van der Waals surface area contributed by atoms with E-state index in [4.69, 9.17) is 15.2 Å². The molecule has 110 valence electrons. The summed E-state index contributed by atoms with van der Waals surface area (Å²) in [4.78, 5) is 14.4. The minimum absolute atomic E-state index is 0.00502. The summed E-state index contributed by atoms with van der Waals surface area (Å²) in [6.45, 7) is 6.33. The van der Waals surface area contributed by atoms with Crippen LogP contribution in [0.4, 0.5) is 0 Å². The number of fused-ring (bicyclic) bond motifs is 1. The predicted octanol–water partition coefficient (Wildman–Crippen LogP) is 1.66. The number of nitrogens with zero attached hydrogens (tertiary/aromatic N) is 1. The number of hydrogen-bond donors (Lipinski definition) is 1. The van der Waals surface area contributed by atoms with Gasteiger partial charge in [0, 0.05) is 18.2 Å². The number of rotatable bonds is 5. The SMILES string of the molecule is CC(C)N(CCCN)C(=O)c1ccc2c(c1)OCCO2. The second-order valence-corrected chi connectivity index (χ2v) is 5.09. The first-order valence-electron chi connectivity index (χ1n) is 7.04. The maximum atomic E-state index is 12.6. The number of hydrogen-bond acceptors (Lipinski definition) is 4. The molecule has 1 heterocycles. The second-order valence-electron chi connectivity index (χ2n) is 5.09. The van der Waals surface area contributed by atoms with Crippen LogP contribution in [-0.4, -0.2) is 43.2 Å². The van der Waals surface area contributed by atoms with Crippen molar-refractivity contribution in [2.45, 2.75) is 26.3 Å². The van der Waals surface area contributed by atoms with E-state index in [0.717, 1.165) is 6.42 Å². The van der Waals surface area contributed by atoms with Crippen LogP contribution in [0.15, 0.2) is 18.2 Å². The molecule has 20 heavy (non-hydrogen) atoms. The van der Waals surface area contributed by atoms with E-state index in [1.807, 2.05) is 18.7 Å². The number of benzene rings is 1. The highest BCUT2D eigenvalue weighted by molar-refractivity contribution is 5.95. The van der Waals surface area contributed by atoms with Gasteiger partial charge in [-0.05, 0) is 45.0 Å². The fourth-order valence-corrected chi connectivity index (χ4v) is 2.20. The summed E-state index contributed by atoms with van der Waals surface area (Å²) in [5.41, 5.74) is 6.16. The topological polar surface area (TPSA) is 64.8 Å². The van der Waals surface area contributed by atoms with E-state index in [9.17, 15) is 4.79 Å². The van der Waals surface area contributed by atoms with Crippen molar-refractivity contribution in [1.29, 1.82) is 0 Å². The van der Waals surface area contributed by atoms with E-state index in [1.165, 1.54) is 0 Å². The zero-order valence-corrected chi connectivity index (χ0v) is 12.1. The highest BCUT2D eigenvalue weighted by Gasteiger charge is 2.21. The molecule has 0 bridgehead atoms. The maximum Gasteiger partial charge on any atom is 0.254 e. The van der Waals surface area contributed by atoms with Gasteiger partial charge in [-0.25, -0.2) is 0 Å². The van der Waals surface area contributed by atoms with Crippen molar-refractivity contribution in [3.63, 3.8) is 0 Å². The van der Waals surface area contributed by atoms with E-state index in [-0.39, 0.29) is 11.9 Å². The predicted molar refractivity (Wildman–Crippen MR) is 77.3 cm³/mol. The second kappa shape index (κ2) is 6.61. The molecule has 0 fully saturated rings. The lowest BCUT2D eigenvalue weighted by Gasteiger charge is -2.27. The van der Waals surface area contributed by atoms with Gasteiger partial charge in [-0.3, -0.25) is 4.79 Å². The summed E-state index contributed by atoms with van der Waals surface area (Å²) in [7, 11) is 0. The lowest BCUT2D eigenvalue weighted by atomic mass is 10.1. The quantitative estimate of drug-likeness (QED) is 0.889. The lowest BCUT2D eigenvalue weighted by molar-refractivity contribution is 0.0703. The Morgan fingerprint density at radius 2 is 2.00 bits per heavy atom. The monoisotopic (exact) mass is 278 g/mol. The Morgan fingerprint density at radius 3 is 2.65 bits per heavy atom. The third kappa shape index (κ3) is 3.22. The summed E-state index contributed by atoms with van der Waals surface area (Å²) in [6.07, 6.45) is 0.800. The van der Waals surface area contributed by atoms with Crippen LogP contribution in [0.1, 0.15) is 30.6 Å². The molecule has 0 saturated carbocycles. The number of ether oxygens (including phenoxy) is 2. The Bertz CT molecular complexity index is 474. The van der Waals surface area contributed by atoms with E-state index in [1.54, 1.807) is 18.2 Å². The summed E-state index contributed by atoms with van der Waals surface area (Å²) in [5.74, 6) is 1.35. The van der Waals surface area contributed by atoms with Crippen LogP contribution in [0.5, 0.6) is 11.5 Å². The van der Waals surface area contributed by atoms with Gasteiger partial charge in [-0.15, -0.1) is 0 Å². The van der Waals surface area contributed by atoms with E-state index in [2.05, 4.69) is 0 Å². The van der Waals surface area contributed by atoms with Gasteiger partial charge in [0.15, 0.2) is 11.5 Å². The van der Waals surface area contributed by atoms with Crippen LogP contribution in [0.3, 0.4) is 0 Å². The van der Waals surface area contributed by atoms with Crippen molar-refractivity contribution in [3.8, 4) is 11.5 Å². The molecule has 0 saturated heterocycles. The molecular formula is C15H22N2O3. The van der Waals surface area contributed by atoms with Gasteiger partial charge >= 0.3 is 0 Å². The zero-order valence-electron chi connectivity index (χ0n) is 12.1. The number of carbonyl (C=O) groups excluding carboxylic acids is 1. The number of carbonyl (C=O) groups is 1. The van der Waals surface area contributed by atoms with E-state index >= 15 is 0 Å². The third-order valence-corrected chi connectivity index (χ3v) is 3.28. The molecule has 1 aliphatic heterocycles. The standard InChI is InChI=1S/C15H22N2O3/c1-11(2)17(7-3-6-16)15(18)12-4-5-13-14(10-12)20-9-8-19-13/h4-5,10-11H,3,6-9,16H2,1-2H3. The van der Waals surface area contributed by atoms with Crippen molar-refractivity contribution < 1.29 is 14.3 Å². The van der Waals surface area contributed by atoms with Gasteiger partial charge in [0.25, 0.3) is 5.91 Å². The number of amides is 1. The molecule has 1 aromatic carbocycles. The smallest absolute Gasteiger partial charge is 0.254 e. The lowest BCUT2D eigenvalue weighted by Crippen LogP contribution is -2.38. The molecular weight excluding hydrogens is 256 g/mol. The Kier molecular flexibility index (Phi) is 4.84. The minimum Gasteiger partial charge on any atom is -0.486 e. The zero-order chi connectivity index (χ0) is 14.5. The number of nitrogens with two attached hydrogens (primary N) is 1. The van der Waals surface area contributed by atoms with Crippen molar-refractivity contribution in [3.05, 3.63) is 23.8 Å². The molecule has 5 heteroatoms. The van der Waals surface area contributed by atoms with Crippen LogP contribution in [0.2, 0.25) is 0 Å². The van der Waals surface area contributed by atoms with Crippen molar-refractivity contribution >= 4 is 5.91 Å². The van der Waals surface area contributed by atoms with Gasteiger partial charge in [0.1, 0.15) is 13.2 Å². The summed E-state index contributed by atoms with van der Waals surface area (Å²) < 4.78 is 11.0. The van der Waals surface area contributed by atoms with Crippen LogP contribution in [0, 0.1) is 0 Å². The van der Waals surface area contributed by atoms with Crippen molar-refractivity contribution in [2.24, 2.45) is 5.73 Å². The van der Waals surface area contributed by atoms with Crippen LogP contribution in [-0.2, 0) is 0 Å². The summed E-state index contributed by atoms with van der Waals surface area (Å²) >= 11 is 0. The molecule has 0 spiro atoms. The van der Waals surface area contributed by atoms with Crippen molar-refractivity contribution in [2.75, 3.05) is 26.3 Å². The molecule has 2 N–H and O–H groups in total. The Labute approximate surface area is 119 Å². The first-order chi connectivity index (χ1) is 9.63. The molecule has 2 rings (SSSR count). The van der Waals surface area contributed by atoms with E-state index < -0.39 is 0 Å². The third-order valence-electron chi connectivity index (χ3n) is 3.28. The maximum absolute atomic E-state index is 12.6. The van der Waals surface area contributed by atoms with Gasteiger partial charge in [-0.1, -0.05) is 0 Å². The molecule has 0 atom stereocenters. The first kappa shape index (κ1) is 14.7. The van der Waals surface area contributed by atoms with Gasteiger partial charge in [0.05, 0.1) is 0 Å². The highest BCUT2D eigenvalue weighted by atomic mass is 16.6. The minimum atomic E-state index is 0.00502. The Hall–Kier alpha value is -1.75. The molecule has 5 nitrogen and oxygen atoms in total.